The zero-order valence-corrected chi connectivity index (χ0v) is 13.6. The summed E-state index contributed by atoms with van der Waals surface area (Å²) < 4.78 is 0. The Morgan fingerprint density at radius 1 is 1.14 bits per heavy atom. The molecule has 3 rings (SSSR count). The van der Waals surface area contributed by atoms with Crippen molar-refractivity contribution >= 4 is 16.8 Å². The van der Waals surface area contributed by atoms with Crippen LogP contribution in [0.4, 0.5) is 0 Å². The predicted molar refractivity (Wildman–Crippen MR) is 89.2 cm³/mol. The third kappa shape index (κ3) is 2.83. The van der Waals surface area contributed by atoms with Gasteiger partial charge in [-0.15, -0.1) is 0 Å². The van der Waals surface area contributed by atoms with Gasteiger partial charge in [-0.25, -0.2) is 0 Å². The van der Waals surface area contributed by atoms with Crippen molar-refractivity contribution in [1.29, 1.82) is 0 Å². The molecule has 2 aromatic rings. The number of aryl methyl sites for hydroxylation is 2. The minimum absolute atomic E-state index is 0.115. The van der Waals surface area contributed by atoms with Crippen LogP contribution in [0.25, 0.3) is 10.9 Å². The first-order valence-electron chi connectivity index (χ1n) is 7.98. The molecule has 1 aromatic carbocycles. The molecule has 116 valence electrons. The molecule has 22 heavy (non-hydrogen) atoms. The van der Waals surface area contributed by atoms with Gasteiger partial charge in [-0.2, -0.15) is 0 Å². The van der Waals surface area contributed by atoms with Crippen LogP contribution in [0.15, 0.2) is 24.3 Å². The summed E-state index contributed by atoms with van der Waals surface area (Å²) in [5.74, 6) is 0.115. The van der Waals surface area contributed by atoms with Gasteiger partial charge in [0.05, 0.1) is 16.8 Å². The summed E-state index contributed by atoms with van der Waals surface area (Å²) in [6.45, 7) is 10.7. The molecule has 0 unspecified atom stereocenters. The Balaban J connectivity index is 1.89. The number of carbonyl (C=O) groups is 1. The van der Waals surface area contributed by atoms with Crippen LogP contribution in [0.2, 0.25) is 0 Å². The molecule has 4 nitrogen and oxygen atoms in total. The predicted octanol–water partition coefficient (Wildman–Crippen LogP) is 2.63. The van der Waals surface area contributed by atoms with E-state index in [1.807, 2.05) is 24.0 Å². The van der Waals surface area contributed by atoms with Crippen molar-refractivity contribution in [3.8, 4) is 0 Å². The maximum absolute atomic E-state index is 12.8. The molecule has 1 aliphatic rings. The van der Waals surface area contributed by atoms with Crippen LogP contribution in [-0.2, 0) is 0 Å². The second-order valence-corrected chi connectivity index (χ2v) is 6.04. The summed E-state index contributed by atoms with van der Waals surface area (Å²) in [7, 11) is 0. The quantitative estimate of drug-likeness (QED) is 0.855. The van der Waals surface area contributed by atoms with Crippen LogP contribution in [-0.4, -0.2) is 53.4 Å². The molecule has 0 bridgehead atoms. The average molecular weight is 297 g/mol. The third-order valence-corrected chi connectivity index (χ3v) is 4.50. The Morgan fingerprint density at radius 2 is 1.86 bits per heavy atom. The van der Waals surface area contributed by atoms with Crippen molar-refractivity contribution in [1.82, 2.24) is 14.8 Å². The Hall–Kier alpha value is -1.94. The van der Waals surface area contributed by atoms with E-state index in [0.717, 1.165) is 54.9 Å². The highest BCUT2D eigenvalue weighted by molar-refractivity contribution is 5.98. The van der Waals surface area contributed by atoms with Crippen LogP contribution < -0.4 is 0 Å². The lowest BCUT2D eigenvalue weighted by Crippen LogP contribution is -2.48. The van der Waals surface area contributed by atoms with Gasteiger partial charge in [-0.3, -0.25) is 9.78 Å². The minimum atomic E-state index is 0.115. The minimum Gasteiger partial charge on any atom is -0.336 e. The molecule has 1 saturated heterocycles. The van der Waals surface area contributed by atoms with Crippen LogP contribution in [0.5, 0.6) is 0 Å². The number of rotatable bonds is 2. The summed E-state index contributed by atoms with van der Waals surface area (Å²) in [5, 5.41) is 1.04. The summed E-state index contributed by atoms with van der Waals surface area (Å²) in [6, 6.07) is 8.17. The lowest BCUT2D eigenvalue weighted by molar-refractivity contribution is 0.0642. The highest BCUT2D eigenvalue weighted by Crippen LogP contribution is 2.20. The van der Waals surface area contributed by atoms with Crippen LogP contribution in [0, 0.1) is 13.8 Å². The van der Waals surface area contributed by atoms with E-state index in [1.165, 1.54) is 5.56 Å². The lowest BCUT2D eigenvalue weighted by Gasteiger charge is -2.34. The maximum atomic E-state index is 12.8. The van der Waals surface area contributed by atoms with Crippen LogP contribution >= 0.6 is 0 Å². The first-order chi connectivity index (χ1) is 10.6. The Morgan fingerprint density at radius 3 is 2.55 bits per heavy atom. The first-order valence-corrected chi connectivity index (χ1v) is 7.98. The molecule has 1 aliphatic heterocycles. The number of aromatic nitrogens is 1. The van der Waals surface area contributed by atoms with Crippen molar-refractivity contribution in [2.45, 2.75) is 20.8 Å². The fraction of sp³-hybridized carbons (Fsp3) is 0.444. The molecule has 0 atom stereocenters. The van der Waals surface area contributed by atoms with Gasteiger partial charge in [-0.1, -0.05) is 18.6 Å². The Kier molecular flexibility index (Phi) is 4.12. The standard InChI is InChI=1S/C18H23N3O/c1-4-20-7-9-21(10-8-20)18(22)16-12-15-11-13(2)5-6-17(15)19-14(16)3/h5-6,11-12H,4,7-10H2,1-3H3. The molecular weight excluding hydrogens is 274 g/mol. The second-order valence-electron chi connectivity index (χ2n) is 6.04. The first kappa shape index (κ1) is 15.0. The molecule has 1 fully saturated rings. The van der Waals surface area contributed by atoms with Crippen LogP contribution in [0.3, 0.4) is 0 Å². The number of piperazine rings is 1. The van der Waals surface area contributed by atoms with Gasteiger partial charge < -0.3 is 9.80 Å². The van der Waals surface area contributed by atoms with Crippen molar-refractivity contribution < 1.29 is 4.79 Å². The number of amides is 1. The third-order valence-electron chi connectivity index (χ3n) is 4.50. The monoisotopic (exact) mass is 297 g/mol. The number of hydrogen-bond acceptors (Lipinski definition) is 3. The van der Waals surface area contributed by atoms with Crippen molar-refractivity contribution in [2.75, 3.05) is 32.7 Å². The molecule has 2 heterocycles. The number of pyridine rings is 1. The van der Waals surface area contributed by atoms with Gasteiger partial charge in [0.15, 0.2) is 0 Å². The van der Waals surface area contributed by atoms with Gasteiger partial charge in [0, 0.05) is 31.6 Å². The summed E-state index contributed by atoms with van der Waals surface area (Å²) in [4.78, 5) is 21.7. The highest BCUT2D eigenvalue weighted by Gasteiger charge is 2.23. The normalized spacial score (nSPS) is 16.2. The van der Waals surface area contributed by atoms with Crippen molar-refractivity contribution in [3.05, 3.63) is 41.1 Å². The van der Waals surface area contributed by atoms with E-state index >= 15 is 0 Å². The van der Waals surface area contributed by atoms with E-state index in [9.17, 15) is 4.79 Å². The number of likely N-dealkylation sites (N-methyl/N-ethyl adjacent to an activating group) is 1. The van der Waals surface area contributed by atoms with Crippen molar-refractivity contribution in [2.24, 2.45) is 0 Å². The Labute approximate surface area is 131 Å². The van der Waals surface area contributed by atoms with E-state index < -0.39 is 0 Å². The summed E-state index contributed by atoms with van der Waals surface area (Å²) in [5.41, 5.74) is 3.70. The summed E-state index contributed by atoms with van der Waals surface area (Å²) >= 11 is 0. The molecular formula is C18H23N3O. The molecule has 0 N–H and O–H groups in total. The number of fused-ring (bicyclic) bond motifs is 1. The maximum Gasteiger partial charge on any atom is 0.255 e. The number of benzene rings is 1. The zero-order valence-electron chi connectivity index (χ0n) is 13.6. The highest BCUT2D eigenvalue weighted by atomic mass is 16.2. The van der Waals surface area contributed by atoms with Crippen molar-refractivity contribution in [3.63, 3.8) is 0 Å². The number of nitrogens with zero attached hydrogens (tertiary/aromatic N) is 3. The van der Waals surface area contributed by atoms with Gasteiger partial charge in [0.2, 0.25) is 0 Å². The van der Waals surface area contributed by atoms with Crippen LogP contribution in [0.1, 0.15) is 28.5 Å². The molecule has 0 spiro atoms. The van der Waals surface area contributed by atoms with E-state index in [4.69, 9.17) is 0 Å². The van der Waals surface area contributed by atoms with Gasteiger partial charge >= 0.3 is 0 Å². The molecule has 0 saturated carbocycles. The second kappa shape index (κ2) is 6.05. The zero-order chi connectivity index (χ0) is 15.7. The fourth-order valence-corrected chi connectivity index (χ4v) is 3.05. The molecule has 1 aromatic heterocycles. The van der Waals surface area contributed by atoms with E-state index in [2.05, 4.69) is 35.9 Å². The molecule has 0 aliphatic carbocycles. The number of carbonyl (C=O) groups excluding carboxylic acids is 1. The van der Waals surface area contributed by atoms with Gasteiger partial charge in [0.1, 0.15) is 0 Å². The average Bonchev–Trinajstić information content (AvgIpc) is 2.54. The lowest BCUT2D eigenvalue weighted by atomic mass is 10.1. The molecule has 1 amide bonds. The largest absolute Gasteiger partial charge is 0.336 e. The van der Waals surface area contributed by atoms with Gasteiger partial charge in [-0.05, 0) is 38.6 Å². The Bertz CT molecular complexity index is 703. The molecule has 4 heteroatoms. The smallest absolute Gasteiger partial charge is 0.255 e. The summed E-state index contributed by atoms with van der Waals surface area (Å²) in [6.07, 6.45) is 0. The fourth-order valence-electron chi connectivity index (χ4n) is 3.05. The molecule has 0 radical (unpaired) electrons. The van der Waals surface area contributed by atoms with E-state index in [0.29, 0.717) is 0 Å². The number of hydrogen-bond donors (Lipinski definition) is 0. The SMILES string of the molecule is CCN1CCN(C(=O)c2cc3cc(C)ccc3nc2C)CC1. The topological polar surface area (TPSA) is 36.4 Å². The van der Waals surface area contributed by atoms with E-state index in [-0.39, 0.29) is 5.91 Å². The van der Waals surface area contributed by atoms with Gasteiger partial charge in [0.25, 0.3) is 5.91 Å². The van der Waals surface area contributed by atoms with E-state index in [1.54, 1.807) is 0 Å².